The number of nitrogens with two attached hydrogens (primary N) is 1. The van der Waals surface area contributed by atoms with E-state index in [9.17, 15) is 4.79 Å². The SMILES string of the molecule is Cc1oc(C(=O)N2CC[C@@H](N)C2)cc1COc1ccccc1. The van der Waals surface area contributed by atoms with Crippen LogP contribution in [0.4, 0.5) is 0 Å². The average Bonchev–Trinajstić information content (AvgIpc) is 3.12. The number of amides is 1. The summed E-state index contributed by atoms with van der Waals surface area (Å²) in [5.41, 5.74) is 6.73. The van der Waals surface area contributed by atoms with Crippen LogP contribution in [0.3, 0.4) is 0 Å². The molecule has 2 N–H and O–H groups in total. The van der Waals surface area contributed by atoms with Crippen molar-refractivity contribution in [1.29, 1.82) is 0 Å². The van der Waals surface area contributed by atoms with E-state index in [1.54, 1.807) is 11.0 Å². The van der Waals surface area contributed by atoms with Crippen LogP contribution in [-0.4, -0.2) is 29.9 Å². The zero-order valence-electron chi connectivity index (χ0n) is 12.6. The Morgan fingerprint density at radius 2 is 2.18 bits per heavy atom. The molecule has 5 nitrogen and oxygen atoms in total. The second-order valence-electron chi connectivity index (χ2n) is 5.59. The highest BCUT2D eigenvalue weighted by Crippen LogP contribution is 2.20. The van der Waals surface area contributed by atoms with Crippen LogP contribution in [-0.2, 0) is 6.61 Å². The molecule has 1 aliphatic rings. The van der Waals surface area contributed by atoms with Crippen LogP contribution in [0.25, 0.3) is 0 Å². The smallest absolute Gasteiger partial charge is 0.289 e. The fourth-order valence-electron chi connectivity index (χ4n) is 2.57. The van der Waals surface area contributed by atoms with Gasteiger partial charge in [0.25, 0.3) is 5.91 Å². The molecule has 0 aliphatic carbocycles. The highest BCUT2D eigenvalue weighted by Gasteiger charge is 2.27. The fraction of sp³-hybridized carbons (Fsp3) is 0.353. The van der Waals surface area contributed by atoms with Crippen LogP contribution in [0.1, 0.15) is 28.3 Å². The normalized spacial score (nSPS) is 17.7. The van der Waals surface area contributed by atoms with Gasteiger partial charge in [0.2, 0.25) is 0 Å². The number of likely N-dealkylation sites (tertiary alicyclic amines) is 1. The first-order valence-corrected chi connectivity index (χ1v) is 7.45. The Morgan fingerprint density at radius 3 is 2.86 bits per heavy atom. The van der Waals surface area contributed by atoms with Crippen LogP contribution >= 0.6 is 0 Å². The molecule has 2 heterocycles. The molecular weight excluding hydrogens is 280 g/mol. The van der Waals surface area contributed by atoms with E-state index in [1.165, 1.54) is 0 Å². The molecule has 116 valence electrons. The van der Waals surface area contributed by atoms with Crippen LogP contribution in [0.15, 0.2) is 40.8 Å². The summed E-state index contributed by atoms with van der Waals surface area (Å²) in [5.74, 6) is 1.77. The van der Waals surface area contributed by atoms with Crippen LogP contribution in [0.5, 0.6) is 5.75 Å². The molecule has 1 amide bonds. The van der Waals surface area contributed by atoms with E-state index in [-0.39, 0.29) is 11.9 Å². The number of hydrogen-bond acceptors (Lipinski definition) is 4. The number of para-hydroxylation sites is 1. The number of rotatable bonds is 4. The fourth-order valence-corrected chi connectivity index (χ4v) is 2.57. The third-order valence-electron chi connectivity index (χ3n) is 3.88. The van der Waals surface area contributed by atoms with Gasteiger partial charge in [0.15, 0.2) is 5.76 Å². The molecule has 5 heteroatoms. The molecule has 1 atom stereocenters. The van der Waals surface area contributed by atoms with Crippen molar-refractivity contribution in [2.75, 3.05) is 13.1 Å². The highest BCUT2D eigenvalue weighted by molar-refractivity contribution is 5.92. The summed E-state index contributed by atoms with van der Waals surface area (Å²) in [5, 5.41) is 0. The number of carbonyl (C=O) groups is 1. The van der Waals surface area contributed by atoms with Gasteiger partial charge in [-0.05, 0) is 31.5 Å². The van der Waals surface area contributed by atoms with Crippen molar-refractivity contribution in [3.8, 4) is 5.75 Å². The van der Waals surface area contributed by atoms with Gasteiger partial charge in [-0.2, -0.15) is 0 Å². The zero-order chi connectivity index (χ0) is 15.5. The minimum Gasteiger partial charge on any atom is -0.489 e. The first kappa shape index (κ1) is 14.7. The van der Waals surface area contributed by atoms with Crippen molar-refractivity contribution < 1.29 is 13.9 Å². The molecule has 1 aliphatic heterocycles. The van der Waals surface area contributed by atoms with Gasteiger partial charge in [-0.25, -0.2) is 0 Å². The predicted octanol–water partition coefficient (Wildman–Crippen LogP) is 2.34. The molecule has 0 radical (unpaired) electrons. The standard InChI is InChI=1S/C17H20N2O3/c1-12-13(11-21-15-5-3-2-4-6-15)9-16(22-12)17(20)19-8-7-14(18)10-19/h2-6,9,14H,7-8,10-11,18H2,1H3/t14-/m1/s1. The van der Waals surface area contributed by atoms with Crippen LogP contribution in [0.2, 0.25) is 0 Å². The van der Waals surface area contributed by atoms with Gasteiger partial charge < -0.3 is 19.8 Å². The lowest BCUT2D eigenvalue weighted by Gasteiger charge is -2.13. The van der Waals surface area contributed by atoms with Crippen molar-refractivity contribution in [2.24, 2.45) is 5.73 Å². The van der Waals surface area contributed by atoms with E-state index < -0.39 is 0 Å². The molecule has 0 saturated carbocycles. The number of furan rings is 1. The number of carbonyl (C=O) groups excluding carboxylic acids is 1. The Bertz CT molecular complexity index is 651. The summed E-state index contributed by atoms with van der Waals surface area (Å²) in [4.78, 5) is 14.1. The number of ether oxygens (including phenoxy) is 1. The second kappa shape index (κ2) is 6.23. The molecule has 0 spiro atoms. The maximum Gasteiger partial charge on any atom is 0.289 e. The largest absolute Gasteiger partial charge is 0.489 e. The number of benzene rings is 1. The molecule has 0 unspecified atom stereocenters. The third-order valence-corrected chi connectivity index (χ3v) is 3.88. The first-order chi connectivity index (χ1) is 10.6. The molecule has 1 fully saturated rings. The minimum atomic E-state index is -0.0954. The number of nitrogens with zero attached hydrogens (tertiary/aromatic N) is 1. The van der Waals surface area contributed by atoms with E-state index in [2.05, 4.69) is 0 Å². The van der Waals surface area contributed by atoms with E-state index in [0.29, 0.717) is 31.2 Å². The van der Waals surface area contributed by atoms with Gasteiger partial charge in [-0.3, -0.25) is 4.79 Å². The van der Waals surface area contributed by atoms with Crippen molar-refractivity contribution in [1.82, 2.24) is 4.90 Å². The van der Waals surface area contributed by atoms with Gasteiger partial charge >= 0.3 is 0 Å². The van der Waals surface area contributed by atoms with Gasteiger partial charge in [0.05, 0.1) is 0 Å². The molecule has 3 rings (SSSR count). The zero-order valence-corrected chi connectivity index (χ0v) is 12.6. The third kappa shape index (κ3) is 3.14. The monoisotopic (exact) mass is 300 g/mol. The Morgan fingerprint density at radius 1 is 1.41 bits per heavy atom. The van der Waals surface area contributed by atoms with E-state index in [1.807, 2.05) is 37.3 Å². The topological polar surface area (TPSA) is 68.7 Å². The maximum absolute atomic E-state index is 12.4. The molecule has 0 bridgehead atoms. The van der Waals surface area contributed by atoms with Crippen LogP contribution < -0.4 is 10.5 Å². The molecule has 22 heavy (non-hydrogen) atoms. The van der Waals surface area contributed by atoms with Crippen molar-refractivity contribution in [3.05, 3.63) is 53.5 Å². The van der Waals surface area contributed by atoms with Gasteiger partial charge in [0.1, 0.15) is 18.1 Å². The van der Waals surface area contributed by atoms with E-state index in [0.717, 1.165) is 17.7 Å². The summed E-state index contributed by atoms with van der Waals surface area (Å²) in [7, 11) is 0. The second-order valence-corrected chi connectivity index (χ2v) is 5.59. The Hall–Kier alpha value is -2.27. The molecule has 2 aromatic rings. The average molecular weight is 300 g/mol. The highest BCUT2D eigenvalue weighted by atomic mass is 16.5. The number of hydrogen-bond donors (Lipinski definition) is 1. The summed E-state index contributed by atoms with van der Waals surface area (Å²) in [6.45, 7) is 3.51. The van der Waals surface area contributed by atoms with E-state index in [4.69, 9.17) is 14.9 Å². The van der Waals surface area contributed by atoms with Crippen molar-refractivity contribution in [2.45, 2.75) is 26.0 Å². The summed E-state index contributed by atoms with van der Waals surface area (Å²) in [6, 6.07) is 11.4. The molecule has 1 aromatic heterocycles. The molecule has 1 saturated heterocycles. The van der Waals surface area contributed by atoms with Crippen molar-refractivity contribution in [3.63, 3.8) is 0 Å². The van der Waals surface area contributed by atoms with Crippen molar-refractivity contribution >= 4 is 5.91 Å². The molecule has 1 aromatic carbocycles. The maximum atomic E-state index is 12.4. The Kier molecular flexibility index (Phi) is 4.15. The van der Waals surface area contributed by atoms with Gasteiger partial charge in [-0.1, -0.05) is 18.2 Å². The summed E-state index contributed by atoms with van der Waals surface area (Å²) >= 11 is 0. The first-order valence-electron chi connectivity index (χ1n) is 7.45. The predicted molar refractivity (Wildman–Crippen MR) is 82.7 cm³/mol. The summed E-state index contributed by atoms with van der Waals surface area (Å²) in [6.07, 6.45) is 0.843. The van der Waals surface area contributed by atoms with Gasteiger partial charge in [-0.15, -0.1) is 0 Å². The van der Waals surface area contributed by atoms with Gasteiger partial charge in [0, 0.05) is 24.7 Å². The lowest BCUT2D eigenvalue weighted by Crippen LogP contribution is -2.31. The Balaban J connectivity index is 1.67. The lowest BCUT2D eigenvalue weighted by atomic mass is 10.2. The Labute approximate surface area is 129 Å². The lowest BCUT2D eigenvalue weighted by molar-refractivity contribution is 0.0758. The summed E-state index contributed by atoms with van der Waals surface area (Å²) < 4.78 is 11.3. The quantitative estimate of drug-likeness (QED) is 0.941. The molecular formula is C17H20N2O3. The van der Waals surface area contributed by atoms with E-state index >= 15 is 0 Å². The van der Waals surface area contributed by atoms with Crippen LogP contribution in [0, 0.1) is 6.92 Å². The minimum absolute atomic E-state index is 0.0703. The number of aryl methyl sites for hydroxylation is 1.